The normalized spacial score (nSPS) is 14.4. The summed E-state index contributed by atoms with van der Waals surface area (Å²) in [5.74, 6) is 1.38. The summed E-state index contributed by atoms with van der Waals surface area (Å²) >= 11 is 0. The Labute approximate surface area is 88.4 Å². The fourth-order valence-corrected chi connectivity index (χ4v) is 1.30. The highest BCUT2D eigenvalue weighted by molar-refractivity contribution is 5.59. The van der Waals surface area contributed by atoms with Crippen molar-refractivity contribution in [3.63, 3.8) is 0 Å². The smallest absolute Gasteiger partial charge is 0.190 e. The summed E-state index contributed by atoms with van der Waals surface area (Å²) in [4.78, 5) is 4.20. The van der Waals surface area contributed by atoms with Gasteiger partial charge in [-0.25, -0.2) is 0 Å². The molecule has 1 aromatic heterocycles. The maximum absolute atomic E-state index is 5.39. The molecule has 0 saturated carbocycles. The molecule has 0 atom stereocenters. The van der Waals surface area contributed by atoms with Crippen LogP contribution in [0.15, 0.2) is 55.3 Å². The fraction of sp³-hybridized carbons (Fsp3) is 0.0833. The van der Waals surface area contributed by atoms with Crippen LogP contribution in [-0.2, 0) is 9.47 Å². The topological polar surface area (TPSA) is 31.4 Å². The molecule has 0 unspecified atom stereocenters. The molecule has 0 bridgehead atoms. The predicted molar refractivity (Wildman–Crippen MR) is 57.3 cm³/mol. The summed E-state index contributed by atoms with van der Waals surface area (Å²) in [5, 5.41) is 0. The molecule has 1 aliphatic rings. The van der Waals surface area contributed by atoms with E-state index >= 15 is 0 Å². The van der Waals surface area contributed by atoms with Crippen LogP contribution in [-0.4, -0.2) is 4.98 Å². The van der Waals surface area contributed by atoms with Crippen molar-refractivity contribution in [3.8, 4) is 0 Å². The highest BCUT2D eigenvalue weighted by Crippen LogP contribution is 2.25. The summed E-state index contributed by atoms with van der Waals surface area (Å²) in [5.41, 5.74) is 0.763. The molecule has 0 saturated heterocycles. The van der Waals surface area contributed by atoms with Crippen molar-refractivity contribution in [3.05, 3.63) is 61.0 Å². The van der Waals surface area contributed by atoms with Crippen molar-refractivity contribution in [1.82, 2.24) is 4.98 Å². The van der Waals surface area contributed by atoms with Crippen LogP contribution in [0.5, 0.6) is 0 Å². The molecule has 3 heteroatoms. The summed E-state index contributed by atoms with van der Waals surface area (Å²) in [6, 6.07) is 5.64. The quantitative estimate of drug-likeness (QED) is 0.704. The molecular weight excluding hydrogens is 190 g/mol. The third-order valence-electron chi connectivity index (χ3n) is 1.93. The standard InChI is InChI=1S/C12H11NO2/c1-2-5-11-12(15-9-8-14-11)10-6-3-4-7-13-10/h2-4,6-9H,1,5H2. The Morgan fingerprint density at radius 3 is 2.87 bits per heavy atom. The molecule has 0 N–H and O–H groups in total. The Balaban J connectivity index is 2.35. The predicted octanol–water partition coefficient (Wildman–Crippen LogP) is 2.84. The zero-order valence-corrected chi connectivity index (χ0v) is 8.22. The van der Waals surface area contributed by atoms with E-state index in [0.29, 0.717) is 12.2 Å². The molecule has 15 heavy (non-hydrogen) atoms. The molecule has 0 radical (unpaired) electrons. The largest absolute Gasteiger partial charge is 0.462 e. The first-order chi connectivity index (χ1) is 7.42. The van der Waals surface area contributed by atoms with Crippen LogP contribution >= 0.6 is 0 Å². The van der Waals surface area contributed by atoms with Gasteiger partial charge in [0, 0.05) is 12.6 Å². The second kappa shape index (κ2) is 4.46. The molecule has 3 nitrogen and oxygen atoms in total. The number of hydrogen-bond acceptors (Lipinski definition) is 3. The lowest BCUT2D eigenvalue weighted by Gasteiger charge is -2.15. The Morgan fingerprint density at radius 1 is 1.27 bits per heavy atom. The first kappa shape index (κ1) is 9.52. The Bertz CT molecular complexity index is 403. The maximum Gasteiger partial charge on any atom is 0.190 e. The zero-order chi connectivity index (χ0) is 10.5. The molecule has 1 aromatic rings. The second-order valence-corrected chi connectivity index (χ2v) is 2.97. The van der Waals surface area contributed by atoms with E-state index in [1.54, 1.807) is 12.3 Å². The number of ether oxygens (including phenoxy) is 2. The Kier molecular flexibility index (Phi) is 2.83. The van der Waals surface area contributed by atoms with Crippen LogP contribution < -0.4 is 0 Å². The summed E-state index contributed by atoms with van der Waals surface area (Å²) in [7, 11) is 0. The number of allylic oxidation sites excluding steroid dienone is 1. The van der Waals surface area contributed by atoms with E-state index in [2.05, 4.69) is 11.6 Å². The van der Waals surface area contributed by atoms with Gasteiger partial charge in [-0.2, -0.15) is 0 Å². The molecule has 2 rings (SSSR count). The van der Waals surface area contributed by atoms with E-state index in [1.165, 1.54) is 12.5 Å². The lowest BCUT2D eigenvalue weighted by atomic mass is 10.2. The number of nitrogens with zero attached hydrogens (tertiary/aromatic N) is 1. The molecule has 76 valence electrons. The van der Waals surface area contributed by atoms with Crippen LogP contribution in [0.3, 0.4) is 0 Å². The molecule has 0 amide bonds. The second-order valence-electron chi connectivity index (χ2n) is 2.97. The number of aromatic nitrogens is 1. The Morgan fingerprint density at radius 2 is 2.13 bits per heavy atom. The van der Waals surface area contributed by atoms with Gasteiger partial charge in [0.15, 0.2) is 11.5 Å². The van der Waals surface area contributed by atoms with Crippen molar-refractivity contribution in [2.75, 3.05) is 0 Å². The van der Waals surface area contributed by atoms with Crippen molar-refractivity contribution in [2.24, 2.45) is 0 Å². The minimum Gasteiger partial charge on any atom is -0.462 e. The van der Waals surface area contributed by atoms with Crippen molar-refractivity contribution >= 4 is 5.76 Å². The van der Waals surface area contributed by atoms with Crippen molar-refractivity contribution < 1.29 is 9.47 Å². The van der Waals surface area contributed by atoms with E-state index in [0.717, 1.165) is 11.5 Å². The third-order valence-corrected chi connectivity index (χ3v) is 1.93. The van der Waals surface area contributed by atoms with E-state index in [-0.39, 0.29) is 0 Å². The van der Waals surface area contributed by atoms with Gasteiger partial charge in [-0.1, -0.05) is 12.1 Å². The summed E-state index contributed by atoms with van der Waals surface area (Å²) in [6.45, 7) is 3.67. The van der Waals surface area contributed by atoms with E-state index < -0.39 is 0 Å². The first-order valence-electron chi connectivity index (χ1n) is 4.65. The lowest BCUT2D eigenvalue weighted by Crippen LogP contribution is -2.01. The van der Waals surface area contributed by atoms with Gasteiger partial charge in [-0.3, -0.25) is 4.98 Å². The molecule has 2 heterocycles. The molecule has 0 fully saturated rings. The van der Waals surface area contributed by atoms with Crippen molar-refractivity contribution in [1.29, 1.82) is 0 Å². The fourth-order valence-electron chi connectivity index (χ4n) is 1.30. The van der Waals surface area contributed by atoms with Gasteiger partial charge in [0.25, 0.3) is 0 Å². The van der Waals surface area contributed by atoms with E-state index in [4.69, 9.17) is 9.47 Å². The number of rotatable bonds is 3. The van der Waals surface area contributed by atoms with Gasteiger partial charge in [0.2, 0.25) is 0 Å². The molecule has 0 aromatic carbocycles. The molecule has 0 spiro atoms. The lowest BCUT2D eigenvalue weighted by molar-refractivity contribution is 0.270. The number of pyridine rings is 1. The number of hydrogen-bond donors (Lipinski definition) is 0. The van der Waals surface area contributed by atoms with Gasteiger partial charge >= 0.3 is 0 Å². The van der Waals surface area contributed by atoms with Crippen LogP contribution in [0.25, 0.3) is 5.76 Å². The minimum absolute atomic E-state index is 0.621. The zero-order valence-electron chi connectivity index (χ0n) is 8.22. The summed E-state index contributed by atoms with van der Waals surface area (Å²) in [6.07, 6.45) is 7.11. The highest BCUT2D eigenvalue weighted by atomic mass is 16.5. The van der Waals surface area contributed by atoms with Gasteiger partial charge in [-0.05, 0) is 12.1 Å². The van der Waals surface area contributed by atoms with Crippen LogP contribution in [0, 0.1) is 0 Å². The average molecular weight is 201 g/mol. The molecule has 0 aliphatic carbocycles. The van der Waals surface area contributed by atoms with Gasteiger partial charge < -0.3 is 9.47 Å². The van der Waals surface area contributed by atoms with Gasteiger partial charge in [0.1, 0.15) is 18.2 Å². The third kappa shape index (κ3) is 2.07. The van der Waals surface area contributed by atoms with Gasteiger partial charge in [0.05, 0.1) is 0 Å². The van der Waals surface area contributed by atoms with Crippen LogP contribution in [0.1, 0.15) is 12.1 Å². The SMILES string of the molecule is C=CCC1=C(c2ccccn2)OC=CO1. The van der Waals surface area contributed by atoms with Gasteiger partial charge in [-0.15, -0.1) is 6.58 Å². The maximum atomic E-state index is 5.39. The highest BCUT2D eigenvalue weighted by Gasteiger charge is 2.14. The van der Waals surface area contributed by atoms with E-state index in [9.17, 15) is 0 Å². The first-order valence-corrected chi connectivity index (χ1v) is 4.65. The molecule has 1 aliphatic heterocycles. The van der Waals surface area contributed by atoms with E-state index in [1.807, 2.05) is 18.2 Å². The minimum atomic E-state index is 0.621. The average Bonchev–Trinajstić information content (AvgIpc) is 2.31. The Hall–Kier alpha value is -2.03. The molecular formula is C12H11NO2. The van der Waals surface area contributed by atoms with Crippen LogP contribution in [0.4, 0.5) is 0 Å². The summed E-state index contributed by atoms with van der Waals surface area (Å²) < 4.78 is 10.7. The van der Waals surface area contributed by atoms with Crippen LogP contribution in [0.2, 0.25) is 0 Å². The van der Waals surface area contributed by atoms with Crippen molar-refractivity contribution in [2.45, 2.75) is 6.42 Å². The monoisotopic (exact) mass is 201 g/mol.